The van der Waals surface area contributed by atoms with Gasteiger partial charge in [-0.15, -0.1) is 0 Å². The molecule has 254 valence electrons. The maximum absolute atomic E-state index is 12.7. The fourth-order valence-electron chi connectivity index (χ4n) is 7.82. The fraction of sp³-hybridized carbons (Fsp3) is 0.744. The number of ether oxygens (including phenoxy) is 2. The second kappa shape index (κ2) is 22.2. The Kier molecular flexibility index (Phi) is 21.1. The van der Waals surface area contributed by atoms with Crippen LogP contribution in [0.3, 0.4) is 0 Å². The van der Waals surface area contributed by atoms with Gasteiger partial charge < -0.3 is 14.6 Å². The van der Waals surface area contributed by atoms with Crippen LogP contribution < -0.4 is 0 Å². The van der Waals surface area contributed by atoms with Crippen LogP contribution in [0.25, 0.3) is 0 Å². The summed E-state index contributed by atoms with van der Waals surface area (Å²) in [7, 11) is 0. The smallest absolute Gasteiger partial charge is 0.306 e. The highest BCUT2D eigenvalue weighted by molar-refractivity contribution is 5.69. The van der Waals surface area contributed by atoms with E-state index in [1.165, 1.54) is 19.3 Å². The average molecular weight is 617 g/mol. The Labute approximate surface area is 271 Å². The summed E-state index contributed by atoms with van der Waals surface area (Å²) in [5.41, 5.74) is -0.105. The van der Waals surface area contributed by atoms with Gasteiger partial charge in [-0.05, 0) is 75.2 Å². The van der Waals surface area contributed by atoms with Crippen LogP contribution in [-0.4, -0.2) is 29.8 Å². The number of allylic oxidation sites excluding steroid dienone is 5. The number of esters is 1. The van der Waals surface area contributed by atoms with Gasteiger partial charge in [-0.2, -0.15) is 0 Å². The third-order valence-corrected chi connectivity index (χ3v) is 9.89. The summed E-state index contributed by atoms with van der Waals surface area (Å²) in [6.45, 7) is 27.5. The van der Waals surface area contributed by atoms with Crippen molar-refractivity contribution >= 4 is 11.9 Å². The molecular weight excluding hydrogens is 548 g/mol. The normalized spacial score (nSPS) is 28.5. The Morgan fingerprint density at radius 2 is 1.80 bits per heavy atom. The molecule has 2 fully saturated rings. The number of carboxylic acid groups (broad SMARTS) is 1. The Morgan fingerprint density at radius 1 is 1.11 bits per heavy atom. The number of hydrogen-bond donors (Lipinski definition) is 1. The highest BCUT2D eigenvalue weighted by atomic mass is 16.5. The van der Waals surface area contributed by atoms with Gasteiger partial charge in [0.1, 0.15) is 11.9 Å². The fourth-order valence-corrected chi connectivity index (χ4v) is 7.82. The van der Waals surface area contributed by atoms with Crippen molar-refractivity contribution in [2.75, 3.05) is 6.61 Å². The topological polar surface area (TPSA) is 72.8 Å². The van der Waals surface area contributed by atoms with Crippen LogP contribution in [0.1, 0.15) is 139 Å². The summed E-state index contributed by atoms with van der Waals surface area (Å²) >= 11 is 0. The van der Waals surface area contributed by atoms with Gasteiger partial charge in [0.05, 0.1) is 6.61 Å². The van der Waals surface area contributed by atoms with Crippen molar-refractivity contribution in [1.29, 1.82) is 0 Å². The van der Waals surface area contributed by atoms with Crippen LogP contribution in [0.4, 0.5) is 0 Å². The zero-order valence-electron chi connectivity index (χ0n) is 30.0. The average Bonchev–Trinajstić information content (AvgIpc) is 3.21. The lowest BCUT2D eigenvalue weighted by atomic mass is 9.46. The molecule has 0 saturated heterocycles. The monoisotopic (exact) mass is 617 g/mol. The molecule has 3 aliphatic rings. The number of fused-ring (bicyclic) bond motifs is 4. The van der Waals surface area contributed by atoms with Gasteiger partial charge in [-0.1, -0.05) is 119 Å². The largest absolute Gasteiger partial charge is 0.490 e. The molecule has 2 bridgehead atoms. The molecule has 1 N–H and O–H groups in total. The molecule has 3 rings (SSSR count). The predicted molar refractivity (Wildman–Crippen MR) is 186 cm³/mol. The van der Waals surface area contributed by atoms with E-state index >= 15 is 0 Å². The molecule has 5 heteroatoms. The Hall–Kier alpha value is -2.30. The summed E-state index contributed by atoms with van der Waals surface area (Å²) in [5, 5.41) is 7.91. The van der Waals surface area contributed by atoms with Crippen LogP contribution in [0.15, 0.2) is 49.3 Å². The molecule has 2 saturated carbocycles. The molecule has 0 aromatic carbocycles. The van der Waals surface area contributed by atoms with Gasteiger partial charge in [0.25, 0.3) is 0 Å². The zero-order chi connectivity index (χ0) is 33.8. The van der Waals surface area contributed by atoms with Gasteiger partial charge in [0.15, 0.2) is 0 Å². The molecule has 7 atom stereocenters. The van der Waals surface area contributed by atoms with Gasteiger partial charge in [0.2, 0.25) is 0 Å². The highest BCUT2D eigenvalue weighted by Gasteiger charge is 2.68. The van der Waals surface area contributed by atoms with Crippen molar-refractivity contribution in [2.24, 2.45) is 34.5 Å². The maximum Gasteiger partial charge on any atom is 0.306 e. The first-order chi connectivity index (χ1) is 21.0. The Bertz CT molecular complexity index is 904. The molecule has 0 aromatic heterocycles. The molecule has 44 heavy (non-hydrogen) atoms. The minimum absolute atomic E-state index is 0.0385. The van der Waals surface area contributed by atoms with Crippen molar-refractivity contribution in [3.8, 4) is 0 Å². The standard InChI is InChI=1S/C27H42O3.C6H12.C4H8O2.C2H6/c1-7-12-19(4)15-25(28)29-18-27-14-11-10-13-22(27)16-21-17-24(30-20(5)8-2)26(27,6)23(21)9-3;1-3-5-6-4-2;1-2-3-4(5)6;1-2/h8,10,13,19,21-24H,2,5,7,9,11-12,14-18H2,1,3-4,6H3;3,5H,4,6H2,1-2H3;2-3H2,1H3,(H,5,6);1-2H3/b;5-3+;;/t19-,21-,22?,23?,24?,26?,27-;;;/m1.../s1. The van der Waals surface area contributed by atoms with Crippen LogP contribution in [-0.2, 0) is 19.1 Å². The van der Waals surface area contributed by atoms with Crippen molar-refractivity contribution in [2.45, 2.75) is 145 Å². The van der Waals surface area contributed by atoms with E-state index in [2.05, 4.69) is 79.0 Å². The number of carbonyl (C=O) groups excluding carboxylic acids is 1. The molecule has 0 aliphatic heterocycles. The van der Waals surface area contributed by atoms with E-state index in [1.807, 2.05) is 20.8 Å². The first kappa shape index (κ1) is 41.7. The number of hydrogen-bond acceptors (Lipinski definition) is 4. The third-order valence-electron chi connectivity index (χ3n) is 9.89. The lowest BCUT2D eigenvalue weighted by Crippen LogP contribution is -2.58. The summed E-state index contributed by atoms with van der Waals surface area (Å²) in [6.07, 6.45) is 22.6. The number of carbonyl (C=O) groups is 2. The SMILES string of the molecule is C/C=C/CCC.C=CC(=C)OC1C[C@H]2CC3C=CCC[C@]3(COC(=O)C[C@H](C)CCC)C1(C)C2CC.CC.CCCC(=O)O. The minimum atomic E-state index is -0.711. The van der Waals surface area contributed by atoms with Crippen LogP contribution in [0.2, 0.25) is 0 Å². The number of aliphatic carboxylic acids is 1. The van der Waals surface area contributed by atoms with Crippen molar-refractivity contribution in [1.82, 2.24) is 0 Å². The van der Waals surface area contributed by atoms with Gasteiger partial charge in [-0.25, -0.2) is 0 Å². The predicted octanol–water partition coefficient (Wildman–Crippen LogP) is 11.1. The molecule has 0 aromatic rings. The molecular formula is C39H68O5. The molecule has 3 aliphatic carbocycles. The quantitative estimate of drug-likeness (QED) is 0.0909. The van der Waals surface area contributed by atoms with Gasteiger partial charge in [0, 0.05) is 23.7 Å². The number of unbranched alkanes of at least 4 members (excludes halogenated alkanes) is 1. The third kappa shape index (κ3) is 11.6. The van der Waals surface area contributed by atoms with E-state index in [-0.39, 0.29) is 22.9 Å². The van der Waals surface area contributed by atoms with E-state index < -0.39 is 5.97 Å². The van der Waals surface area contributed by atoms with E-state index in [4.69, 9.17) is 14.6 Å². The van der Waals surface area contributed by atoms with E-state index in [0.717, 1.165) is 44.9 Å². The van der Waals surface area contributed by atoms with E-state index in [1.54, 1.807) is 6.08 Å². The number of carboxylic acids is 1. The Balaban J connectivity index is 0.00000111. The molecule has 0 heterocycles. The zero-order valence-corrected chi connectivity index (χ0v) is 30.0. The summed E-state index contributed by atoms with van der Waals surface area (Å²) < 4.78 is 12.5. The van der Waals surface area contributed by atoms with Gasteiger partial charge in [-0.3, -0.25) is 9.59 Å². The highest BCUT2D eigenvalue weighted by Crippen LogP contribution is 2.70. The molecule has 5 nitrogen and oxygen atoms in total. The van der Waals surface area contributed by atoms with Gasteiger partial charge >= 0.3 is 11.9 Å². The first-order valence-corrected chi connectivity index (χ1v) is 17.6. The van der Waals surface area contributed by atoms with E-state index in [9.17, 15) is 9.59 Å². The lowest BCUT2D eigenvalue weighted by molar-refractivity contribution is -0.178. The van der Waals surface area contributed by atoms with Crippen LogP contribution in [0, 0.1) is 34.5 Å². The molecule has 0 spiro atoms. The molecule has 0 amide bonds. The van der Waals surface area contributed by atoms with Crippen LogP contribution >= 0.6 is 0 Å². The Morgan fingerprint density at radius 3 is 2.27 bits per heavy atom. The van der Waals surface area contributed by atoms with Crippen molar-refractivity contribution in [3.05, 3.63) is 49.3 Å². The summed E-state index contributed by atoms with van der Waals surface area (Å²) in [4.78, 5) is 22.3. The lowest BCUT2D eigenvalue weighted by Gasteiger charge is -2.59. The van der Waals surface area contributed by atoms with Crippen LogP contribution in [0.5, 0.6) is 0 Å². The summed E-state index contributed by atoms with van der Waals surface area (Å²) in [5.74, 6) is 1.99. The van der Waals surface area contributed by atoms with Crippen molar-refractivity contribution < 1.29 is 24.2 Å². The minimum Gasteiger partial charge on any atom is -0.490 e. The maximum atomic E-state index is 12.7. The number of rotatable bonds is 14. The second-order valence-electron chi connectivity index (χ2n) is 12.8. The first-order valence-electron chi connectivity index (χ1n) is 17.6. The van der Waals surface area contributed by atoms with Crippen molar-refractivity contribution in [3.63, 3.8) is 0 Å². The molecule has 4 unspecified atom stereocenters. The molecule has 0 radical (unpaired) electrons. The summed E-state index contributed by atoms with van der Waals surface area (Å²) in [6, 6.07) is 0. The second-order valence-corrected chi connectivity index (χ2v) is 12.8. The van der Waals surface area contributed by atoms with E-state index in [0.29, 0.717) is 48.9 Å².